The molecule has 0 unspecified atom stereocenters. The summed E-state index contributed by atoms with van der Waals surface area (Å²) in [6.07, 6.45) is -1.36. The second-order valence-corrected chi connectivity index (χ2v) is 9.59. The molecule has 10 heteroatoms. The van der Waals surface area contributed by atoms with Crippen LogP contribution in [0.5, 0.6) is 0 Å². The number of anilines is 1. The Bertz CT molecular complexity index is 1420. The summed E-state index contributed by atoms with van der Waals surface area (Å²) in [5, 5.41) is 14.2. The molecule has 3 aromatic heterocycles. The fourth-order valence-electron chi connectivity index (χ4n) is 5.52. The van der Waals surface area contributed by atoms with E-state index < -0.39 is 12.6 Å². The number of likely N-dealkylation sites (tertiary alicyclic amines) is 1. The van der Waals surface area contributed by atoms with Crippen molar-refractivity contribution in [3.63, 3.8) is 0 Å². The van der Waals surface area contributed by atoms with Gasteiger partial charge in [-0.05, 0) is 35.7 Å². The molecular weight excluding hydrogens is 443 g/mol. The number of fused-ring (bicyclic) bond motifs is 2. The number of nitrogens with zero attached hydrogens (tertiary/aromatic N) is 6. The van der Waals surface area contributed by atoms with Gasteiger partial charge >= 0.3 is 6.18 Å². The Hall–Kier alpha value is -3.58. The Labute approximate surface area is 193 Å². The number of hydrogen-bond donors (Lipinski definition) is 1. The smallest absolute Gasteiger partial charge is 0.354 e. The minimum atomic E-state index is -4.25. The maximum Gasteiger partial charge on any atom is 0.393 e. The van der Waals surface area contributed by atoms with E-state index in [1.807, 2.05) is 12.1 Å². The summed E-state index contributed by atoms with van der Waals surface area (Å²) in [7, 11) is 0. The van der Waals surface area contributed by atoms with Crippen LogP contribution in [0, 0.1) is 16.7 Å². The van der Waals surface area contributed by atoms with E-state index in [9.17, 15) is 13.2 Å². The van der Waals surface area contributed by atoms with Gasteiger partial charge in [-0.15, -0.1) is 0 Å². The van der Waals surface area contributed by atoms with Crippen LogP contribution in [-0.4, -0.2) is 56.8 Å². The molecule has 0 atom stereocenters. The van der Waals surface area contributed by atoms with Gasteiger partial charge in [-0.1, -0.05) is 12.1 Å². The van der Waals surface area contributed by atoms with Crippen LogP contribution in [-0.2, 0) is 13.0 Å². The first-order chi connectivity index (χ1) is 16.3. The van der Waals surface area contributed by atoms with Crippen molar-refractivity contribution in [1.29, 1.82) is 5.26 Å². The third kappa shape index (κ3) is 3.76. The molecule has 4 aromatic rings. The zero-order chi connectivity index (χ0) is 23.5. The third-order valence-electron chi connectivity index (χ3n) is 6.92. The largest absolute Gasteiger partial charge is 0.393 e. The van der Waals surface area contributed by atoms with Crippen LogP contribution in [0.3, 0.4) is 0 Å². The summed E-state index contributed by atoms with van der Waals surface area (Å²) >= 11 is 0. The molecule has 0 saturated carbocycles. The van der Waals surface area contributed by atoms with Crippen LogP contribution >= 0.6 is 0 Å². The number of hydrogen-bond acceptors (Lipinski definition) is 5. The molecule has 0 radical (unpaired) electrons. The lowest BCUT2D eigenvalue weighted by Gasteiger charge is -2.48. The van der Waals surface area contributed by atoms with Crippen LogP contribution < -0.4 is 4.90 Å². The highest BCUT2D eigenvalue weighted by Crippen LogP contribution is 2.42. The predicted molar refractivity (Wildman–Crippen MR) is 120 cm³/mol. The van der Waals surface area contributed by atoms with Gasteiger partial charge in [0.05, 0.1) is 6.42 Å². The van der Waals surface area contributed by atoms with Crippen molar-refractivity contribution in [2.24, 2.45) is 5.41 Å². The average Bonchev–Trinajstić information content (AvgIpc) is 3.47. The molecule has 6 rings (SSSR count). The summed E-state index contributed by atoms with van der Waals surface area (Å²) in [6, 6.07) is 11.8. The van der Waals surface area contributed by atoms with Crippen LogP contribution in [0.2, 0.25) is 0 Å². The molecule has 0 amide bonds. The molecule has 5 heterocycles. The first-order valence-corrected chi connectivity index (χ1v) is 11.2. The number of H-pyrrole nitrogens is 1. The van der Waals surface area contributed by atoms with E-state index in [1.165, 1.54) is 22.6 Å². The van der Waals surface area contributed by atoms with Gasteiger partial charge in [-0.3, -0.25) is 4.90 Å². The maximum absolute atomic E-state index is 12.8. The first kappa shape index (κ1) is 21.0. The molecule has 2 fully saturated rings. The van der Waals surface area contributed by atoms with Gasteiger partial charge in [0.1, 0.15) is 23.6 Å². The Morgan fingerprint density at radius 3 is 2.76 bits per heavy atom. The normalized spacial score (nSPS) is 18.1. The SMILES string of the molecule is N#Cc1cc2ccc(CN3CC4(CCN(c5ncnn6cc(CC(F)(F)F)cc56)C4)C3)cc2[nH]1. The lowest BCUT2D eigenvalue weighted by molar-refractivity contribution is -0.127. The molecule has 1 N–H and O–H groups in total. The number of alkyl halides is 3. The van der Waals surface area contributed by atoms with Crippen LogP contribution in [0.15, 0.2) is 42.9 Å². The van der Waals surface area contributed by atoms with Gasteiger partial charge in [0.2, 0.25) is 0 Å². The average molecular weight is 465 g/mol. The summed E-state index contributed by atoms with van der Waals surface area (Å²) in [4.78, 5) is 12.1. The van der Waals surface area contributed by atoms with E-state index in [2.05, 4.69) is 43.1 Å². The molecule has 1 spiro atoms. The molecule has 2 saturated heterocycles. The van der Waals surface area contributed by atoms with Gasteiger partial charge in [-0.2, -0.15) is 23.5 Å². The van der Waals surface area contributed by atoms with E-state index in [4.69, 9.17) is 5.26 Å². The summed E-state index contributed by atoms with van der Waals surface area (Å²) in [5.41, 5.74) is 3.72. The second kappa shape index (κ2) is 7.46. The van der Waals surface area contributed by atoms with Crippen molar-refractivity contribution in [2.45, 2.75) is 25.6 Å². The summed E-state index contributed by atoms with van der Waals surface area (Å²) < 4.78 is 40.0. The standard InChI is InChI=1S/C24H22F3N7/c25-24(26,27)8-17-6-21-22(29-15-30-34(21)11-17)33-4-3-23(14-33)12-32(13-23)10-16-1-2-18-7-19(9-28)31-20(18)5-16/h1-2,5-7,11,15,31H,3-4,8,10,12-14H2. The molecule has 2 aliphatic rings. The van der Waals surface area contributed by atoms with Crippen molar-refractivity contribution in [3.8, 4) is 6.07 Å². The molecule has 0 aliphatic carbocycles. The number of benzene rings is 1. The van der Waals surface area contributed by atoms with Crippen molar-refractivity contribution in [3.05, 3.63) is 59.7 Å². The molecule has 174 valence electrons. The van der Waals surface area contributed by atoms with Gasteiger partial charge < -0.3 is 9.88 Å². The molecule has 0 bridgehead atoms. The number of halogens is 3. The molecule has 7 nitrogen and oxygen atoms in total. The van der Waals surface area contributed by atoms with Gasteiger partial charge in [0.15, 0.2) is 5.82 Å². The Morgan fingerprint density at radius 1 is 1.12 bits per heavy atom. The monoisotopic (exact) mass is 465 g/mol. The number of nitrogens with one attached hydrogen (secondary N) is 1. The van der Waals surface area contributed by atoms with Crippen LogP contribution in [0.1, 0.15) is 23.2 Å². The Balaban J connectivity index is 1.13. The zero-order valence-corrected chi connectivity index (χ0v) is 18.3. The van der Waals surface area contributed by atoms with E-state index in [-0.39, 0.29) is 11.0 Å². The van der Waals surface area contributed by atoms with E-state index in [0.717, 1.165) is 50.0 Å². The summed E-state index contributed by atoms with van der Waals surface area (Å²) in [6.45, 7) is 4.44. The maximum atomic E-state index is 12.8. The quantitative estimate of drug-likeness (QED) is 0.495. The van der Waals surface area contributed by atoms with Crippen molar-refractivity contribution in [1.82, 2.24) is 24.5 Å². The van der Waals surface area contributed by atoms with Crippen molar-refractivity contribution >= 4 is 22.2 Å². The van der Waals surface area contributed by atoms with E-state index in [0.29, 0.717) is 17.0 Å². The number of rotatable bonds is 4. The van der Waals surface area contributed by atoms with Gasteiger partial charge in [0.25, 0.3) is 0 Å². The highest BCUT2D eigenvalue weighted by Gasteiger charge is 2.48. The fraction of sp³-hybridized carbons (Fsp3) is 0.375. The first-order valence-electron chi connectivity index (χ1n) is 11.2. The summed E-state index contributed by atoms with van der Waals surface area (Å²) in [5.74, 6) is 0.698. The third-order valence-corrected chi connectivity index (χ3v) is 6.92. The molecule has 2 aliphatic heterocycles. The van der Waals surface area contributed by atoms with Crippen molar-refractivity contribution in [2.75, 3.05) is 31.1 Å². The number of nitriles is 1. The second-order valence-electron chi connectivity index (χ2n) is 9.59. The number of aromatic amines is 1. The van der Waals surface area contributed by atoms with Gasteiger partial charge in [-0.25, -0.2) is 9.50 Å². The number of aromatic nitrogens is 4. The fourth-order valence-corrected chi connectivity index (χ4v) is 5.52. The Morgan fingerprint density at radius 2 is 1.97 bits per heavy atom. The minimum absolute atomic E-state index is 0.174. The predicted octanol–water partition coefficient (Wildman–Crippen LogP) is 3.90. The van der Waals surface area contributed by atoms with Crippen LogP contribution in [0.25, 0.3) is 16.4 Å². The van der Waals surface area contributed by atoms with Crippen molar-refractivity contribution < 1.29 is 13.2 Å². The minimum Gasteiger partial charge on any atom is -0.354 e. The van der Waals surface area contributed by atoms with E-state index >= 15 is 0 Å². The van der Waals surface area contributed by atoms with Crippen LogP contribution in [0.4, 0.5) is 19.0 Å². The molecule has 1 aromatic carbocycles. The topological polar surface area (TPSA) is 76.2 Å². The van der Waals surface area contributed by atoms with Gasteiger partial charge in [0, 0.05) is 55.2 Å². The lowest BCUT2D eigenvalue weighted by atomic mass is 9.79. The van der Waals surface area contributed by atoms with E-state index in [1.54, 1.807) is 6.07 Å². The highest BCUT2D eigenvalue weighted by molar-refractivity contribution is 5.82. The zero-order valence-electron chi connectivity index (χ0n) is 18.3. The molecular formula is C24H22F3N7. The lowest BCUT2D eigenvalue weighted by Crippen LogP contribution is -2.56. The molecule has 34 heavy (non-hydrogen) atoms. The Kier molecular flexibility index (Phi) is 4.61. The highest BCUT2D eigenvalue weighted by atomic mass is 19.4.